The summed E-state index contributed by atoms with van der Waals surface area (Å²) in [7, 11) is 3.17. The predicted molar refractivity (Wildman–Crippen MR) is 158 cm³/mol. The summed E-state index contributed by atoms with van der Waals surface area (Å²) in [6.45, 7) is 12.9. The van der Waals surface area contributed by atoms with E-state index in [4.69, 9.17) is 14.2 Å². The van der Waals surface area contributed by atoms with Gasteiger partial charge in [-0.15, -0.1) is 0 Å². The van der Waals surface area contributed by atoms with Crippen LogP contribution in [0.15, 0.2) is 40.9 Å². The van der Waals surface area contributed by atoms with Crippen molar-refractivity contribution in [2.75, 3.05) is 20.8 Å². The minimum Gasteiger partial charge on any atom is -0.493 e. The molecule has 3 fully saturated rings. The molecular weight excluding hydrogens is 502 g/mol. The molecule has 5 rings (SSSR count). The topological polar surface area (TPSA) is 74.2 Å². The number of hydrogen-bond acceptors (Lipinski definition) is 6. The summed E-state index contributed by atoms with van der Waals surface area (Å²) in [6, 6.07) is 3.58. The number of rotatable bonds is 7. The highest BCUT2D eigenvalue weighted by molar-refractivity contribution is 6.01. The van der Waals surface area contributed by atoms with Crippen LogP contribution in [0.3, 0.4) is 0 Å². The molecule has 40 heavy (non-hydrogen) atoms. The average Bonchev–Trinajstić information content (AvgIpc) is 3.21. The number of ether oxygens (including phenoxy) is 3. The van der Waals surface area contributed by atoms with Crippen molar-refractivity contribution < 1.29 is 23.8 Å². The number of allylic oxidation sites excluding steroid dienone is 4. The summed E-state index contributed by atoms with van der Waals surface area (Å²) in [4.78, 5) is 30.5. The molecule has 6 nitrogen and oxygen atoms in total. The highest BCUT2D eigenvalue weighted by Gasteiger charge is 2.61. The summed E-state index contributed by atoms with van der Waals surface area (Å²) < 4.78 is 17.0. The summed E-state index contributed by atoms with van der Waals surface area (Å²) in [5, 5.41) is 1.36. The van der Waals surface area contributed by atoms with E-state index in [9.17, 15) is 9.59 Å². The summed E-state index contributed by atoms with van der Waals surface area (Å²) >= 11 is 0. The van der Waals surface area contributed by atoms with Crippen LogP contribution < -0.4 is 19.9 Å². The van der Waals surface area contributed by atoms with Crippen LogP contribution in [0.4, 0.5) is 0 Å². The summed E-state index contributed by atoms with van der Waals surface area (Å²) in [5.74, 6) is 3.58. The number of carbonyl (C=O) groups excluding carboxylic acids is 2. The van der Waals surface area contributed by atoms with E-state index in [-0.39, 0.29) is 34.9 Å². The standard InChI is InChI=1S/C34H43NO5/c1-8-35-32(25-18-30(39-7)29(38-6)16-20(25)2)40-19-28(37)31-21(3)15-27-24-10-9-22-17-23(36)11-13-33(22,4)26(24)12-14-34(27,31)5/h8,11,13,16-18,21,24,26-27,31H,2,9-10,12,14-15,19H2,1,3-7H3/b32-25+,35-8?/t21-,24?,26?,27?,31?,33?,34?/m1/s1. The number of Topliss-reactive ketones (excluding diaryl/α,β-unsaturated/α-hetero) is 1. The first-order valence-corrected chi connectivity index (χ1v) is 14.6. The highest BCUT2D eigenvalue weighted by Crippen LogP contribution is 2.67. The van der Waals surface area contributed by atoms with Gasteiger partial charge in [0, 0.05) is 22.8 Å². The SMILES string of the molecule is C=c1cc(OC)c(OC)c/c1=C(/N=CC)OCC(=O)C1[C@H](C)CC2C3CCC4=CC(=O)C=CC4(C)C3CCC21C. The van der Waals surface area contributed by atoms with Crippen LogP contribution in [-0.2, 0) is 14.3 Å². The van der Waals surface area contributed by atoms with E-state index in [0.717, 1.165) is 32.1 Å². The molecule has 4 aliphatic carbocycles. The van der Waals surface area contributed by atoms with E-state index in [0.29, 0.717) is 51.5 Å². The fourth-order valence-corrected chi connectivity index (χ4v) is 8.90. The van der Waals surface area contributed by atoms with Crippen molar-refractivity contribution in [1.29, 1.82) is 0 Å². The number of fused-ring (bicyclic) bond motifs is 5. The lowest BCUT2D eigenvalue weighted by Crippen LogP contribution is -2.50. The van der Waals surface area contributed by atoms with Crippen LogP contribution in [0.2, 0.25) is 0 Å². The van der Waals surface area contributed by atoms with Gasteiger partial charge in [-0.2, -0.15) is 0 Å². The summed E-state index contributed by atoms with van der Waals surface area (Å²) in [5.41, 5.74) is 1.21. The second-order valence-electron chi connectivity index (χ2n) is 12.7. The van der Waals surface area contributed by atoms with Crippen LogP contribution in [0.5, 0.6) is 11.5 Å². The number of methoxy groups -OCH3 is 2. The van der Waals surface area contributed by atoms with Crippen LogP contribution >= 0.6 is 0 Å². The lowest BCUT2D eigenvalue weighted by atomic mass is 9.47. The van der Waals surface area contributed by atoms with Gasteiger partial charge in [0.25, 0.3) is 0 Å². The monoisotopic (exact) mass is 545 g/mol. The molecule has 6 unspecified atom stereocenters. The Hall–Kier alpha value is -3.15. The molecule has 1 aromatic rings. The fraction of sp³-hybridized carbons (Fsp3) is 0.559. The molecule has 0 aromatic heterocycles. The number of ketones is 2. The molecule has 6 heteroatoms. The second kappa shape index (κ2) is 10.7. The van der Waals surface area contributed by atoms with E-state index in [2.05, 4.69) is 38.4 Å². The Balaban J connectivity index is 1.39. The predicted octanol–water partition coefficient (Wildman–Crippen LogP) is 5.03. The molecule has 0 aliphatic heterocycles. The first kappa shape index (κ1) is 28.4. The van der Waals surface area contributed by atoms with E-state index in [1.54, 1.807) is 38.6 Å². The van der Waals surface area contributed by atoms with Gasteiger partial charge in [-0.25, -0.2) is 4.99 Å². The second-order valence-corrected chi connectivity index (χ2v) is 12.7. The number of nitrogens with zero attached hydrogens (tertiary/aromatic N) is 1. The molecule has 0 bridgehead atoms. The van der Waals surface area contributed by atoms with Gasteiger partial charge < -0.3 is 14.2 Å². The molecule has 0 spiro atoms. The Bertz CT molecular complexity index is 1410. The van der Waals surface area contributed by atoms with Gasteiger partial charge in [0.2, 0.25) is 5.88 Å². The van der Waals surface area contributed by atoms with Crippen LogP contribution in [0.25, 0.3) is 12.5 Å². The van der Waals surface area contributed by atoms with Crippen molar-refractivity contribution >= 4 is 30.2 Å². The fourth-order valence-electron chi connectivity index (χ4n) is 8.90. The molecule has 0 N–H and O–H groups in total. The Morgan fingerprint density at radius 2 is 1.88 bits per heavy atom. The van der Waals surface area contributed by atoms with E-state index in [1.165, 1.54) is 5.57 Å². The largest absolute Gasteiger partial charge is 0.493 e. The van der Waals surface area contributed by atoms with Crippen LogP contribution in [0, 0.1) is 40.4 Å². The third kappa shape index (κ3) is 4.53. The number of hydrogen-bond donors (Lipinski definition) is 0. The van der Waals surface area contributed by atoms with Gasteiger partial charge in [0.1, 0.15) is 6.61 Å². The zero-order valence-electron chi connectivity index (χ0n) is 24.8. The van der Waals surface area contributed by atoms with Gasteiger partial charge >= 0.3 is 0 Å². The van der Waals surface area contributed by atoms with Gasteiger partial charge in [-0.3, -0.25) is 9.59 Å². The van der Waals surface area contributed by atoms with Gasteiger partial charge in [0.15, 0.2) is 23.1 Å². The maximum Gasteiger partial charge on any atom is 0.221 e. The molecule has 4 aliphatic rings. The van der Waals surface area contributed by atoms with E-state index >= 15 is 0 Å². The molecule has 1 aromatic carbocycles. The van der Waals surface area contributed by atoms with E-state index < -0.39 is 0 Å². The van der Waals surface area contributed by atoms with Gasteiger partial charge in [-0.05, 0) is 97.6 Å². The zero-order valence-corrected chi connectivity index (χ0v) is 24.8. The van der Waals surface area contributed by atoms with Crippen molar-refractivity contribution in [2.45, 2.75) is 59.8 Å². The first-order chi connectivity index (χ1) is 19.1. The Morgan fingerprint density at radius 1 is 1.15 bits per heavy atom. The quantitative estimate of drug-likeness (QED) is 0.450. The molecular formula is C34H43NO5. The molecule has 7 atom stereocenters. The van der Waals surface area contributed by atoms with Gasteiger partial charge in [0.05, 0.1) is 14.2 Å². The van der Waals surface area contributed by atoms with Crippen molar-refractivity contribution in [1.82, 2.24) is 0 Å². The molecule has 0 radical (unpaired) electrons. The molecule has 0 amide bonds. The third-order valence-corrected chi connectivity index (χ3v) is 10.7. The van der Waals surface area contributed by atoms with Crippen molar-refractivity contribution in [3.8, 4) is 11.5 Å². The lowest BCUT2D eigenvalue weighted by Gasteiger charge is -2.56. The third-order valence-electron chi connectivity index (χ3n) is 10.7. The highest BCUT2D eigenvalue weighted by atomic mass is 16.5. The Kier molecular flexibility index (Phi) is 7.58. The Morgan fingerprint density at radius 3 is 2.58 bits per heavy atom. The van der Waals surface area contributed by atoms with Crippen LogP contribution in [0.1, 0.15) is 59.8 Å². The van der Waals surface area contributed by atoms with Crippen molar-refractivity contribution in [2.24, 2.45) is 45.4 Å². The number of carbonyl (C=O) groups is 2. The van der Waals surface area contributed by atoms with Gasteiger partial charge in [-0.1, -0.05) is 39.0 Å². The number of benzene rings is 1. The lowest BCUT2D eigenvalue weighted by molar-refractivity contribution is -0.133. The minimum atomic E-state index is -0.0538. The van der Waals surface area contributed by atoms with E-state index in [1.807, 2.05) is 13.0 Å². The average molecular weight is 546 g/mol. The normalized spacial score (nSPS) is 35.4. The van der Waals surface area contributed by atoms with Crippen LogP contribution in [-0.4, -0.2) is 38.6 Å². The first-order valence-electron chi connectivity index (χ1n) is 14.6. The number of aliphatic imine (C=N–C) groups is 1. The summed E-state index contributed by atoms with van der Waals surface area (Å²) in [6.07, 6.45) is 12.7. The maximum atomic E-state index is 13.9. The van der Waals surface area contributed by atoms with Crippen molar-refractivity contribution in [3.63, 3.8) is 0 Å². The molecule has 0 heterocycles. The minimum absolute atomic E-state index is 0.0265. The molecule has 3 saturated carbocycles. The smallest absolute Gasteiger partial charge is 0.221 e. The zero-order chi connectivity index (χ0) is 28.8. The molecule has 214 valence electrons. The molecule has 0 saturated heterocycles. The Labute approximate surface area is 237 Å². The van der Waals surface area contributed by atoms with Crippen molar-refractivity contribution in [3.05, 3.63) is 46.4 Å². The maximum absolute atomic E-state index is 13.9.